The number of rotatable bonds is 10. The molecular weight excluding hydrogens is 416 g/mol. The minimum absolute atomic E-state index is 0.0299. The number of carbonyl (C=O) groups excluding carboxylic acids is 2. The molecule has 1 aliphatic heterocycles. The van der Waals surface area contributed by atoms with Gasteiger partial charge in [-0.15, -0.1) is 0 Å². The summed E-state index contributed by atoms with van der Waals surface area (Å²) in [5, 5.41) is 19.1. The van der Waals surface area contributed by atoms with Gasteiger partial charge >= 0.3 is 0 Å². The zero-order valence-electron chi connectivity index (χ0n) is 19.6. The van der Waals surface area contributed by atoms with Crippen LogP contribution in [0.5, 0.6) is 0 Å². The second-order valence-electron chi connectivity index (χ2n) is 8.12. The lowest BCUT2D eigenvalue weighted by Gasteiger charge is -2.28. The van der Waals surface area contributed by atoms with Gasteiger partial charge in [0.05, 0.1) is 24.7 Å². The molecule has 8 nitrogen and oxygen atoms in total. The van der Waals surface area contributed by atoms with Gasteiger partial charge in [0, 0.05) is 38.9 Å². The van der Waals surface area contributed by atoms with Crippen LogP contribution in [-0.2, 0) is 22.7 Å². The van der Waals surface area contributed by atoms with Gasteiger partial charge < -0.3 is 10.2 Å². The van der Waals surface area contributed by atoms with E-state index in [1.165, 1.54) is 11.1 Å². The molecule has 0 spiro atoms. The molecule has 174 valence electrons. The van der Waals surface area contributed by atoms with E-state index in [9.17, 15) is 14.9 Å². The fraction of sp³-hybridized carbons (Fsp3) is 0.400. The molecule has 3 rings (SSSR count). The summed E-state index contributed by atoms with van der Waals surface area (Å²) in [5.41, 5.74) is 4.60. The molecule has 0 radical (unpaired) electrons. The summed E-state index contributed by atoms with van der Waals surface area (Å²) in [6.45, 7) is 7.34. The van der Waals surface area contributed by atoms with Crippen LogP contribution in [0.4, 0.5) is 5.69 Å². The van der Waals surface area contributed by atoms with Gasteiger partial charge in [0.2, 0.25) is 5.91 Å². The van der Waals surface area contributed by atoms with Crippen molar-refractivity contribution in [2.75, 3.05) is 44.7 Å². The Labute approximate surface area is 195 Å². The summed E-state index contributed by atoms with van der Waals surface area (Å²) in [6, 6.07) is 15.6. The first-order chi connectivity index (χ1) is 15.9. The zero-order valence-corrected chi connectivity index (χ0v) is 19.6. The van der Waals surface area contributed by atoms with Crippen LogP contribution in [0.1, 0.15) is 29.2 Å². The standard InChI is InChI=1S/C25H32N6O2/c1-4-27-11-12-31(23-13-20(14-26)10-9-19(23)2)25(33)16-28-15-24(32)29(3)30-17-21-7-5-6-8-22(21)18-30/h5-10,13,27-28H,4,11-12,15-18H2,1-3H3. The molecule has 8 heteroatoms. The summed E-state index contributed by atoms with van der Waals surface area (Å²) >= 11 is 0. The van der Waals surface area contributed by atoms with Crippen molar-refractivity contribution < 1.29 is 9.59 Å². The highest BCUT2D eigenvalue weighted by atomic mass is 16.2. The molecule has 2 N–H and O–H groups in total. The Kier molecular flexibility index (Phi) is 8.55. The predicted molar refractivity (Wildman–Crippen MR) is 128 cm³/mol. The van der Waals surface area contributed by atoms with Crippen LogP contribution >= 0.6 is 0 Å². The summed E-state index contributed by atoms with van der Waals surface area (Å²) < 4.78 is 0. The first-order valence-corrected chi connectivity index (χ1v) is 11.2. The maximum Gasteiger partial charge on any atom is 0.250 e. The second kappa shape index (κ2) is 11.6. The molecule has 0 saturated carbocycles. The zero-order chi connectivity index (χ0) is 23.8. The van der Waals surface area contributed by atoms with Crippen LogP contribution < -0.4 is 15.5 Å². The second-order valence-corrected chi connectivity index (χ2v) is 8.12. The SMILES string of the molecule is CCNCCN(C(=O)CNCC(=O)N(C)N1Cc2ccccc2C1)c1cc(C#N)ccc1C. The van der Waals surface area contributed by atoms with Crippen molar-refractivity contribution in [2.24, 2.45) is 0 Å². The number of nitrogens with one attached hydrogen (secondary N) is 2. The van der Waals surface area contributed by atoms with Crippen molar-refractivity contribution in [3.05, 3.63) is 64.7 Å². The van der Waals surface area contributed by atoms with Gasteiger partial charge in [0.15, 0.2) is 0 Å². The number of nitriles is 1. The van der Waals surface area contributed by atoms with Crippen LogP contribution in [0, 0.1) is 18.3 Å². The monoisotopic (exact) mass is 448 g/mol. The number of aryl methyl sites for hydroxylation is 1. The molecular formula is C25H32N6O2. The van der Waals surface area contributed by atoms with Crippen molar-refractivity contribution in [1.82, 2.24) is 20.7 Å². The number of benzene rings is 2. The minimum Gasteiger partial charge on any atom is -0.315 e. The van der Waals surface area contributed by atoms with E-state index in [1.54, 1.807) is 29.1 Å². The van der Waals surface area contributed by atoms with E-state index in [-0.39, 0.29) is 24.9 Å². The van der Waals surface area contributed by atoms with Gasteiger partial charge in [0.1, 0.15) is 0 Å². The first kappa shape index (κ1) is 24.4. The average molecular weight is 449 g/mol. The molecule has 0 aliphatic carbocycles. The molecule has 1 aliphatic rings. The Bertz CT molecular complexity index is 1010. The minimum atomic E-state index is -0.143. The lowest BCUT2D eigenvalue weighted by atomic mass is 10.1. The van der Waals surface area contributed by atoms with E-state index < -0.39 is 0 Å². The molecule has 1 heterocycles. The summed E-state index contributed by atoms with van der Waals surface area (Å²) in [7, 11) is 1.76. The van der Waals surface area contributed by atoms with Crippen molar-refractivity contribution in [3.8, 4) is 6.07 Å². The van der Waals surface area contributed by atoms with Crippen LogP contribution in [-0.4, -0.2) is 61.6 Å². The van der Waals surface area contributed by atoms with Gasteiger partial charge in [0.25, 0.3) is 5.91 Å². The molecule has 33 heavy (non-hydrogen) atoms. The summed E-state index contributed by atoms with van der Waals surface area (Å²) in [4.78, 5) is 27.4. The highest BCUT2D eigenvalue weighted by molar-refractivity contribution is 5.96. The number of hydrogen-bond acceptors (Lipinski definition) is 6. The van der Waals surface area contributed by atoms with Gasteiger partial charge in [-0.2, -0.15) is 5.26 Å². The Morgan fingerprint density at radius 3 is 2.36 bits per heavy atom. The quantitative estimate of drug-likeness (QED) is 0.539. The third-order valence-corrected chi connectivity index (χ3v) is 5.85. The van der Waals surface area contributed by atoms with Crippen LogP contribution in [0.2, 0.25) is 0 Å². The smallest absolute Gasteiger partial charge is 0.250 e. The molecule has 0 unspecified atom stereocenters. The van der Waals surface area contributed by atoms with Crippen molar-refractivity contribution >= 4 is 17.5 Å². The molecule has 0 saturated heterocycles. The van der Waals surface area contributed by atoms with Crippen LogP contribution in [0.3, 0.4) is 0 Å². The highest BCUT2D eigenvalue weighted by Gasteiger charge is 2.25. The lowest BCUT2D eigenvalue weighted by Crippen LogP contribution is -2.47. The topological polar surface area (TPSA) is 91.7 Å². The Morgan fingerprint density at radius 2 is 1.73 bits per heavy atom. The molecule has 0 atom stereocenters. The average Bonchev–Trinajstić information content (AvgIpc) is 3.26. The summed E-state index contributed by atoms with van der Waals surface area (Å²) in [6.07, 6.45) is 0. The van der Waals surface area contributed by atoms with E-state index in [2.05, 4.69) is 28.8 Å². The number of hydrazine groups is 1. The fourth-order valence-electron chi connectivity index (χ4n) is 3.89. The molecule has 2 aromatic rings. The maximum atomic E-state index is 13.1. The largest absolute Gasteiger partial charge is 0.315 e. The molecule has 0 fully saturated rings. The van der Waals surface area contributed by atoms with Crippen LogP contribution in [0.15, 0.2) is 42.5 Å². The van der Waals surface area contributed by atoms with Crippen molar-refractivity contribution in [1.29, 1.82) is 5.26 Å². The number of fused-ring (bicyclic) bond motifs is 1. The normalized spacial score (nSPS) is 12.8. The van der Waals surface area contributed by atoms with E-state index in [4.69, 9.17) is 0 Å². The number of anilines is 1. The number of likely N-dealkylation sites (N-methyl/N-ethyl adjacent to an activating group) is 2. The first-order valence-electron chi connectivity index (χ1n) is 11.2. The van der Waals surface area contributed by atoms with E-state index in [1.807, 2.05) is 37.1 Å². The van der Waals surface area contributed by atoms with Gasteiger partial charge in [-0.05, 0) is 42.3 Å². The lowest BCUT2D eigenvalue weighted by molar-refractivity contribution is -0.145. The van der Waals surface area contributed by atoms with Crippen LogP contribution in [0.25, 0.3) is 0 Å². The number of amides is 2. The van der Waals surface area contributed by atoms with Gasteiger partial charge in [-0.1, -0.05) is 37.3 Å². The molecule has 2 aromatic carbocycles. The maximum absolute atomic E-state index is 13.1. The molecule has 2 amide bonds. The highest BCUT2D eigenvalue weighted by Crippen LogP contribution is 2.23. The Morgan fingerprint density at radius 1 is 1.06 bits per heavy atom. The van der Waals surface area contributed by atoms with E-state index >= 15 is 0 Å². The van der Waals surface area contributed by atoms with E-state index in [0.29, 0.717) is 31.7 Å². The number of carbonyl (C=O) groups is 2. The van der Waals surface area contributed by atoms with Crippen molar-refractivity contribution in [2.45, 2.75) is 26.9 Å². The summed E-state index contributed by atoms with van der Waals surface area (Å²) in [5.74, 6) is -0.243. The number of nitrogens with zero attached hydrogens (tertiary/aromatic N) is 4. The molecule has 0 bridgehead atoms. The number of hydrogen-bond donors (Lipinski definition) is 2. The van der Waals surface area contributed by atoms with Crippen molar-refractivity contribution in [3.63, 3.8) is 0 Å². The fourth-order valence-corrected chi connectivity index (χ4v) is 3.89. The Balaban J connectivity index is 1.57. The third-order valence-electron chi connectivity index (χ3n) is 5.85. The van der Waals surface area contributed by atoms with Gasteiger partial charge in [-0.3, -0.25) is 19.9 Å². The Hall–Kier alpha value is -3.25. The third kappa shape index (κ3) is 6.17. The predicted octanol–water partition coefficient (Wildman–Crippen LogP) is 1.79. The molecule has 0 aromatic heterocycles. The van der Waals surface area contributed by atoms with E-state index in [0.717, 1.165) is 17.8 Å². The van der Waals surface area contributed by atoms with Gasteiger partial charge in [-0.25, -0.2) is 5.01 Å².